The van der Waals surface area contributed by atoms with Crippen LogP contribution in [0.15, 0.2) is 32.7 Å². The zero-order valence-corrected chi connectivity index (χ0v) is 18.1. The van der Waals surface area contributed by atoms with E-state index in [0.29, 0.717) is 0 Å². The van der Waals surface area contributed by atoms with Crippen molar-refractivity contribution in [2.75, 3.05) is 6.54 Å². The van der Waals surface area contributed by atoms with Gasteiger partial charge in [0.1, 0.15) is 11.5 Å². The van der Waals surface area contributed by atoms with Crippen molar-refractivity contribution < 1.29 is 32.3 Å². The molecule has 0 spiro atoms. The van der Waals surface area contributed by atoms with Crippen molar-refractivity contribution in [1.82, 2.24) is 14.5 Å². The number of halogens is 5. The average molecular weight is 498 g/mol. The number of carboxylic acid groups (broad SMARTS) is 1. The molecule has 8 nitrogen and oxygen atoms in total. The predicted molar refractivity (Wildman–Crippen MR) is 108 cm³/mol. The summed E-state index contributed by atoms with van der Waals surface area (Å²) in [5, 5.41) is 9.98. The number of nitrogens with one attached hydrogen (secondary N) is 1. The average Bonchev–Trinajstić information content (AvgIpc) is 2.66. The van der Waals surface area contributed by atoms with Crippen LogP contribution in [0, 0.1) is 5.82 Å². The Hall–Kier alpha value is -2.80. The largest absolute Gasteiger partial charge is 0.481 e. The number of alkyl halides is 3. The third-order valence-corrected chi connectivity index (χ3v) is 5.75. The zero-order chi connectivity index (χ0) is 24.4. The normalized spacial score (nSPS) is 12.5. The summed E-state index contributed by atoms with van der Waals surface area (Å²) in [5.41, 5.74) is -4.98. The first-order valence-electron chi connectivity index (χ1n) is 8.80. The van der Waals surface area contributed by atoms with Crippen LogP contribution in [0.3, 0.4) is 0 Å². The van der Waals surface area contributed by atoms with Crippen molar-refractivity contribution in [2.45, 2.75) is 29.7 Å². The molecule has 1 aromatic carbocycles. The molecule has 32 heavy (non-hydrogen) atoms. The number of hydrogen-bond acceptors (Lipinski definition) is 5. The van der Waals surface area contributed by atoms with Gasteiger partial charge in [-0.1, -0.05) is 11.6 Å². The van der Waals surface area contributed by atoms with E-state index in [-0.39, 0.29) is 38.1 Å². The molecule has 0 saturated heterocycles. The number of amides is 1. The molecule has 1 amide bonds. The molecule has 14 heteroatoms. The number of carboxylic acids is 1. The van der Waals surface area contributed by atoms with Crippen LogP contribution in [0.4, 0.5) is 17.6 Å². The quantitative estimate of drug-likeness (QED) is 0.449. The van der Waals surface area contributed by atoms with Gasteiger partial charge in [-0.2, -0.15) is 13.2 Å². The van der Waals surface area contributed by atoms with Gasteiger partial charge >= 0.3 is 17.8 Å². The lowest BCUT2D eigenvalue weighted by molar-refractivity contribution is -0.144. The molecule has 1 atom stereocenters. The molecule has 0 bridgehead atoms. The van der Waals surface area contributed by atoms with Gasteiger partial charge in [-0.15, -0.1) is 11.8 Å². The molecular weight excluding hydrogens is 482 g/mol. The lowest BCUT2D eigenvalue weighted by Gasteiger charge is -2.16. The zero-order valence-electron chi connectivity index (χ0n) is 16.5. The number of carbonyl (C=O) groups is 2. The maximum Gasteiger partial charge on any atom is 0.431 e. The third-order valence-electron chi connectivity index (χ3n) is 4.16. The van der Waals surface area contributed by atoms with Gasteiger partial charge in [-0.25, -0.2) is 13.8 Å². The highest BCUT2D eigenvalue weighted by molar-refractivity contribution is 8.00. The first-order valence-corrected chi connectivity index (χ1v) is 10.1. The fourth-order valence-electron chi connectivity index (χ4n) is 2.58. The Morgan fingerprint density at radius 1 is 1.25 bits per heavy atom. The SMILES string of the molecule is CC(Sc1cc(-n2c(=O)cc(C(F)(F)F)n(C)c2=O)c(F)cc1Cl)C(=O)NCCC(=O)O. The molecule has 2 aromatic rings. The van der Waals surface area contributed by atoms with E-state index in [1.807, 2.05) is 0 Å². The molecule has 0 aliphatic carbocycles. The Balaban J connectivity index is 2.45. The fraction of sp³-hybridized carbons (Fsp3) is 0.333. The first-order chi connectivity index (χ1) is 14.7. The molecular formula is C18H16ClF4N3O5S. The van der Waals surface area contributed by atoms with Gasteiger partial charge < -0.3 is 10.4 Å². The van der Waals surface area contributed by atoms with Gasteiger partial charge in [0.2, 0.25) is 5.91 Å². The number of thioether (sulfide) groups is 1. The van der Waals surface area contributed by atoms with E-state index in [9.17, 15) is 36.7 Å². The van der Waals surface area contributed by atoms with Gasteiger partial charge in [0.05, 0.1) is 22.4 Å². The standard InChI is InChI=1S/C18H16ClF4N3O5S/c1-8(16(30)24-4-3-15(28)29)32-12-6-11(10(20)5-9(12)19)26-14(27)7-13(18(21,22)23)25(2)17(26)31/h5-8H,3-4H2,1-2H3,(H,24,30)(H,28,29). The van der Waals surface area contributed by atoms with Crippen molar-refractivity contribution in [3.63, 3.8) is 0 Å². The van der Waals surface area contributed by atoms with E-state index < -0.39 is 51.8 Å². The van der Waals surface area contributed by atoms with Crippen LogP contribution in [0.1, 0.15) is 19.0 Å². The summed E-state index contributed by atoms with van der Waals surface area (Å²) in [4.78, 5) is 47.3. The molecule has 0 fully saturated rings. The van der Waals surface area contributed by atoms with E-state index in [4.69, 9.17) is 16.7 Å². The van der Waals surface area contributed by atoms with Crippen LogP contribution in [-0.4, -0.2) is 37.9 Å². The summed E-state index contributed by atoms with van der Waals surface area (Å²) < 4.78 is 54.0. The molecule has 0 saturated carbocycles. The summed E-state index contributed by atoms with van der Waals surface area (Å²) >= 11 is 6.81. The number of hydrogen-bond donors (Lipinski definition) is 2. The Morgan fingerprint density at radius 3 is 2.44 bits per heavy atom. The number of aliphatic carboxylic acids is 1. The van der Waals surface area contributed by atoms with Gasteiger partial charge in [0.15, 0.2) is 0 Å². The van der Waals surface area contributed by atoms with E-state index in [0.717, 1.165) is 30.9 Å². The molecule has 0 radical (unpaired) electrons. The Bertz CT molecular complexity index is 1180. The van der Waals surface area contributed by atoms with Crippen LogP contribution in [-0.2, 0) is 22.8 Å². The molecule has 2 rings (SSSR count). The molecule has 2 N–H and O–H groups in total. The minimum Gasteiger partial charge on any atom is -0.481 e. The summed E-state index contributed by atoms with van der Waals surface area (Å²) in [5.74, 6) is -2.81. The Kier molecular flexibility index (Phi) is 7.78. The lowest BCUT2D eigenvalue weighted by atomic mass is 10.3. The number of rotatable bonds is 7. The van der Waals surface area contributed by atoms with E-state index in [1.54, 1.807) is 0 Å². The van der Waals surface area contributed by atoms with Crippen molar-refractivity contribution in [3.05, 3.63) is 55.6 Å². The van der Waals surface area contributed by atoms with E-state index in [1.165, 1.54) is 6.92 Å². The highest BCUT2D eigenvalue weighted by atomic mass is 35.5. The van der Waals surface area contributed by atoms with Gasteiger partial charge in [0, 0.05) is 24.6 Å². The second-order valence-corrected chi connectivity index (χ2v) is 8.26. The van der Waals surface area contributed by atoms with E-state index >= 15 is 0 Å². The molecule has 0 aliphatic rings. The molecule has 0 aliphatic heterocycles. The summed E-state index contributed by atoms with van der Waals surface area (Å²) in [6.45, 7) is 1.32. The van der Waals surface area contributed by atoms with Gasteiger partial charge in [-0.05, 0) is 19.1 Å². The first kappa shape index (κ1) is 25.5. The third kappa shape index (κ3) is 5.71. The van der Waals surface area contributed by atoms with Crippen molar-refractivity contribution in [2.24, 2.45) is 7.05 Å². The second kappa shape index (κ2) is 9.77. The van der Waals surface area contributed by atoms with Crippen LogP contribution >= 0.6 is 23.4 Å². The Morgan fingerprint density at radius 2 is 1.88 bits per heavy atom. The van der Waals surface area contributed by atoms with Crippen molar-refractivity contribution >= 4 is 35.2 Å². The molecule has 1 aromatic heterocycles. The van der Waals surface area contributed by atoms with Crippen LogP contribution in [0.5, 0.6) is 0 Å². The smallest absolute Gasteiger partial charge is 0.431 e. The maximum absolute atomic E-state index is 14.5. The lowest BCUT2D eigenvalue weighted by Crippen LogP contribution is -2.41. The van der Waals surface area contributed by atoms with E-state index in [2.05, 4.69) is 5.32 Å². The van der Waals surface area contributed by atoms with Gasteiger partial charge in [-0.3, -0.25) is 19.0 Å². The maximum atomic E-state index is 14.5. The highest BCUT2D eigenvalue weighted by Gasteiger charge is 2.35. The number of nitrogens with zero attached hydrogens (tertiary/aromatic N) is 2. The number of aromatic nitrogens is 2. The van der Waals surface area contributed by atoms with Crippen molar-refractivity contribution in [3.8, 4) is 5.69 Å². The topological polar surface area (TPSA) is 110 Å². The summed E-state index contributed by atoms with van der Waals surface area (Å²) in [6.07, 6.45) is -5.28. The number of carbonyl (C=O) groups excluding carboxylic acids is 1. The number of benzene rings is 1. The predicted octanol–water partition coefficient (Wildman–Crippen LogP) is 2.42. The Labute approximate surface area is 186 Å². The minimum absolute atomic E-state index is 0.0674. The summed E-state index contributed by atoms with van der Waals surface area (Å²) in [6, 6.07) is 1.90. The van der Waals surface area contributed by atoms with Crippen LogP contribution in [0.2, 0.25) is 5.02 Å². The van der Waals surface area contributed by atoms with Gasteiger partial charge in [0.25, 0.3) is 5.56 Å². The van der Waals surface area contributed by atoms with Crippen LogP contribution < -0.4 is 16.6 Å². The summed E-state index contributed by atoms with van der Waals surface area (Å²) in [7, 11) is 0.786. The van der Waals surface area contributed by atoms with Crippen LogP contribution in [0.25, 0.3) is 5.69 Å². The fourth-order valence-corrected chi connectivity index (χ4v) is 3.79. The molecule has 1 heterocycles. The highest BCUT2D eigenvalue weighted by Crippen LogP contribution is 2.33. The second-order valence-electron chi connectivity index (χ2n) is 6.47. The molecule has 174 valence electrons. The molecule has 1 unspecified atom stereocenters. The minimum atomic E-state index is -4.98. The monoisotopic (exact) mass is 497 g/mol. The van der Waals surface area contributed by atoms with Crippen molar-refractivity contribution in [1.29, 1.82) is 0 Å².